The topological polar surface area (TPSA) is 52.3 Å². The van der Waals surface area contributed by atoms with Crippen LogP contribution in [0.5, 0.6) is 5.75 Å². The molecule has 3 rings (SSSR count). The fourth-order valence-electron chi connectivity index (χ4n) is 3.94. The Morgan fingerprint density at radius 2 is 2.04 bits per heavy atom. The lowest BCUT2D eigenvalue weighted by atomic mass is 9.73. The second-order valence-corrected chi connectivity index (χ2v) is 7.41. The first-order chi connectivity index (χ1) is 11.0. The van der Waals surface area contributed by atoms with Crippen LogP contribution in [-0.4, -0.2) is 18.7 Å². The van der Waals surface area contributed by atoms with Gasteiger partial charge in [0.25, 0.3) is 0 Å². The van der Waals surface area contributed by atoms with E-state index in [2.05, 4.69) is 0 Å². The van der Waals surface area contributed by atoms with Crippen molar-refractivity contribution in [3.63, 3.8) is 0 Å². The molecule has 1 aliphatic heterocycles. The van der Waals surface area contributed by atoms with E-state index in [4.69, 9.17) is 10.5 Å². The van der Waals surface area contributed by atoms with Crippen LogP contribution in [0.15, 0.2) is 12.1 Å². The Morgan fingerprint density at radius 3 is 2.58 bits per heavy atom. The molecule has 1 aromatic carbocycles. The summed E-state index contributed by atoms with van der Waals surface area (Å²) in [6.45, 7) is 3.62. The van der Waals surface area contributed by atoms with Crippen LogP contribution in [-0.2, 0) is 16.6 Å². The molecule has 0 aromatic heterocycles. The van der Waals surface area contributed by atoms with Crippen LogP contribution in [0.4, 0.5) is 17.6 Å². The minimum absolute atomic E-state index is 0.312. The van der Waals surface area contributed by atoms with Gasteiger partial charge in [-0.3, -0.25) is 4.79 Å². The first kappa shape index (κ1) is 17.0. The maximum Gasteiger partial charge on any atom is 0.395 e. The van der Waals surface area contributed by atoms with E-state index in [1.165, 1.54) is 12.1 Å². The van der Waals surface area contributed by atoms with Gasteiger partial charge < -0.3 is 10.5 Å². The van der Waals surface area contributed by atoms with E-state index < -0.39 is 34.6 Å². The number of ether oxygens (including phenoxy) is 1. The van der Waals surface area contributed by atoms with E-state index in [1.54, 1.807) is 13.8 Å². The van der Waals surface area contributed by atoms with E-state index >= 15 is 0 Å². The summed E-state index contributed by atoms with van der Waals surface area (Å²) in [5.74, 6) is -2.19. The van der Waals surface area contributed by atoms with E-state index in [1.807, 2.05) is 0 Å². The molecule has 1 amide bonds. The zero-order valence-corrected chi connectivity index (χ0v) is 13.5. The van der Waals surface area contributed by atoms with Crippen molar-refractivity contribution in [2.75, 3.05) is 6.61 Å². The largest absolute Gasteiger partial charge is 0.493 e. The Morgan fingerprint density at radius 1 is 1.38 bits per heavy atom. The van der Waals surface area contributed by atoms with Gasteiger partial charge in [0.2, 0.25) is 5.91 Å². The minimum Gasteiger partial charge on any atom is -0.493 e. The summed E-state index contributed by atoms with van der Waals surface area (Å²) >= 11 is 0. The number of rotatable bonds is 4. The SMILES string of the molecule is CC(C)(C[C@]1(C(F)(F)F)C[C@H]1C(N)=O)c1cc(F)cc2c1OCC2. The van der Waals surface area contributed by atoms with Gasteiger partial charge >= 0.3 is 6.18 Å². The van der Waals surface area contributed by atoms with Crippen molar-refractivity contribution >= 4 is 5.91 Å². The summed E-state index contributed by atoms with van der Waals surface area (Å²) in [4.78, 5) is 11.3. The molecular weight excluding hydrogens is 326 g/mol. The minimum atomic E-state index is -4.54. The van der Waals surface area contributed by atoms with Crippen molar-refractivity contribution in [3.05, 3.63) is 29.1 Å². The van der Waals surface area contributed by atoms with Crippen LogP contribution in [0.3, 0.4) is 0 Å². The van der Waals surface area contributed by atoms with Gasteiger partial charge in [0.05, 0.1) is 17.9 Å². The molecule has 2 aliphatic rings. The second kappa shape index (κ2) is 5.10. The number of carbonyl (C=O) groups is 1. The van der Waals surface area contributed by atoms with Gasteiger partial charge in [0.1, 0.15) is 11.6 Å². The highest BCUT2D eigenvalue weighted by Crippen LogP contribution is 2.67. The molecule has 132 valence electrons. The molecule has 3 nitrogen and oxygen atoms in total. The molecule has 7 heteroatoms. The molecule has 0 spiro atoms. The quantitative estimate of drug-likeness (QED) is 0.850. The number of hydrogen-bond donors (Lipinski definition) is 1. The van der Waals surface area contributed by atoms with E-state index in [0.717, 1.165) is 0 Å². The molecule has 1 fully saturated rings. The number of amides is 1. The third-order valence-corrected chi connectivity index (χ3v) is 5.22. The summed E-state index contributed by atoms with van der Waals surface area (Å²) < 4.78 is 60.2. The van der Waals surface area contributed by atoms with Crippen molar-refractivity contribution in [1.82, 2.24) is 0 Å². The monoisotopic (exact) mass is 345 g/mol. The normalized spacial score (nSPS) is 26.0. The van der Waals surface area contributed by atoms with Crippen LogP contribution in [0.2, 0.25) is 0 Å². The van der Waals surface area contributed by atoms with Gasteiger partial charge in [-0.1, -0.05) is 13.8 Å². The van der Waals surface area contributed by atoms with Crippen LogP contribution in [0, 0.1) is 17.2 Å². The summed E-state index contributed by atoms with van der Waals surface area (Å²) in [7, 11) is 0. The molecule has 0 bridgehead atoms. The number of halogens is 4. The molecule has 1 saturated carbocycles. The highest BCUT2D eigenvalue weighted by molar-refractivity contribution is 5.81. The van der Waals surface area contributed by atoms with Crippen molar-refractivity contribution in [3.8, 4) is 5.75 Å². The zero-order valence-electron chi connectivity index (χ0n) is 13.5. The van der Waals surface area contributed by atoms with Crippen LogP contribution >= 0.6 is 0 Å². The Balaban J connectivity index is 1.99. The van der Waals surface area contributed by atoms with Crippen molar-refractivity contribution < 1.29 is 27.1 Å². The number of carbonyl (C=O) groups excluding carboxylic acids is 1. The zero-order chi connectivity index (χ0) is 17.9. The maximum absolute atomic E-state index is 13.9. The maximum atomic E-state index is 13.9. The molecular formula is C17H19F4NO2. The first-order valence-electron chi connectivity index (χ1n) is 7.80. The summed E-state index contributed by atoms with van der Waals surface area (Å²) in [5, 5.41) is 0. The van der Waals surface area contributed by atoms with Gasteiger partial charge in [-0.2, -0.15) is 13.2 Å². The fraction of sp³-hybridized carbons (Fsp3) is 0.588. The van der Waals surface area contributed by atoms with E-state index in [9.17, 15) is 22.4 Å². The second-order valence-electron chi connectivity index (χ2n) is 7.41. The molecule has 1 aliphatic carbocycles. The molecule has 1 heterocycles. The van der Waals surface area contributed by atoms with Gasteiger partial charge in [-0.15, -0.1) is 0 Å². The number of benzene rings is 1. The summed E-state index contributed by atoms with van der Waals surface area (Å²) in [6, 6.07) is 2.58. The molecule has 0 saturated heterocycles. The average molecular weight is 345 g/mol. The molecule has 2 N–H and O–H groups in total. The fourth-order valence-corrected chi connectivity index (χ4v) is 3.94. The molecule has 0 radical (unpaired) electrons. The van der Waals surface area contributed by atoms with Crippen LogP contribution in [0.25, 0.3) is 0 Å². The Kier molecular flexibility index (Phi) is 3.62. The lowest BCUT2D eigenvalue weighted by Crippen LogP contribution is -2.36. The predicted octanol–water partition coefficient (Wildman–Crippen LogP) is 3.48. The lowest BCUT2D eigenvalue weighted by molar-refractivity contribution is -0.198. The Labute approximate surface area is 137 Å². The van der Waals surface area contributed by atoms with Crippen molar-refractivity contribution in [1.29, 1.82) is 0 Å². The molecule has 2 atom stereocenters. The van der Waals surface area contributed by atoms with Crippen molar-refractivity contribution in [2.45, 2.75) is 44.7 Å². The first-order valence-corrected chi connectivity index (χ1v) is 7.80. The number of alkyl halides is 3. The lowest BCUT2D eigenvalue weighted by Gasteiger charge is -2.33. The standard InChI is InChI=1S/C17H19F4NO2/c1-15(2,8-16(17(19,20)21)7-12(16)14(22)23)11-6-10(18)5-9-3-4-24-13(9)11/h5-6,12H,3-4,7-8H2,1-2H3,(H2,22,23)/t12-,16+/m0/s1. The highest BCUT2D eigenvalue weighted by Gasteiger charge is 2.73. The smallest absolute Gasteiger partial charge is 0.395 e. The van der Waals surface area contributed by atoms with E-state index in [0.29, 0.717) is 29.9 Å². The van der Waals surface area contributed by atoms with Gasteiger partial charge in [-0.25, -0.2) is 4.39 Å². The van der Waals surface area contributed by atoms with Gasteiger partial charge in [0, 0.05) is 17.5 Å². The molecule has 1 aromatic rings. The van der Waals surface area contributed by atoms with Crippen LogP contribution < -0.4 is 10.5 Å². The third-order valence-electron chi connectivity index (χ3n) is 5.22. The van der Waals surface area contributed by atoms with Gasteiger partial charge in [-0.05, 0) is 30.4 Å². The predicted molar refractivity (Wildman–Crippen MR) is 79.0 cm³/mol. The van der Waals surface area contributed by atoms with Crippen LogP contribution in [0.1, 0.15) is 37.8 Å². The molecule has 0 unspecified atom stereocenters. The molecule has 24 heavy (non-hydrogen) atoms. The number of hydrogen-bond acceptors (Lipinski definition) is 2. The highest BCUT2D eigenvalue weighted by atomic mass is 19.4. The number of nitrogens with two attached hydrogens (primary N) is 1. The number of fused-ring (bicyclic) bond motifs is 1. The van der Waals surface area contributed by atoms with Crippen molar-refractivity contribution in [2.24, 2.45) is 17.1 Å². The summed E-state index contributed by atoms with van der Waals surface area (Å²) in [5.41, 5.74) is 3.04. The Bertz CT molecular complexity index is 699. The number of primary amides is 1. The third kappa shape index (κ3) is 2.54. The van der Waals surface area contributed by atoms with E-state index in [-0.39, 0.29) is 12.8 Å². The van der Waals surface area contributed by atoms with Gasteiger partial charge in [0.15, 0.2) is 0 Å². The Hall–Kier alpha value is -1.79. The summed E-state index contributed by atoms with van der Waals surface area (Å²) in [6.07, 6.45) is -4.66. The average Bonchev–Trinajstić information content (AvgIpc) is 2.98.